The lowest BCUT2D eigenvalue weighted by molar-refractivity contribution is 0.0397. The Morgan fingerprint density at radius 3 is 2.83 bits per heavy atom. The van der Waals surface area contributed by atoms with Gasteiger partial charge in [0.05, 0.1) is 6.10 Å². The van der Waals surface area contributed by atoms with Gasteiger partial charge in [0.2, 0.25) is 0 Å². The van der Waals surface area contributed by atoms with Crippen LogP contribution in [0.2, 0.25) is 0 Å². The van der Waals surface area contributed by atoms with Gasteiger partial charge in [-0.25, -0.2) is 0 Å². The predicted molar refractivity (Wildman–Crippen MR) is 73.5 cm³/mol. The van der Waals surface area contributed by atoms with Crippen molar-refractivity contribution in [3.63, 3.8) is 0 Å². The average Bonchev–Trinajstić information content (AvgIpc) is 2.57. The van der Waals surface area contributed by atoms with E-state index in [1.807, 2.05) is 6.07 Å². The number of nitrogens with zero attached hydrogens (tertiary/aromatic N) is 1. The summed E-state index contributed by atoms with van der Waals surface area (Å²) in [5, 5.41) is 10.6. The maximum absolute atomic E-state index is 10.6. The Labute approximate surface area is 110 Å². The van der Waals surface area contributed by atoms with Crippen LogP contribution in [0.4, 0.5) is 0 Å². The van der Waals surface area contributed by atoms with Crippen LogP contribution in [0.1, 0.15) is 49.8 Å². The maximum atomic E-state index is 10.6. The van der Waals surface area contributed by atoms with Crippen LogP contribution < -0.4 is 0 Å². The summed E-state index contributed by atoms with van der Waals surface area (Å²) in [4.78, 5) is 2.55. The second-order valence-corrected chi connectivity index (χ2v) is 5.85. The van der Waals surface area contributed by atoms with E-state index in [4.69, 9.17) is 0 Å². The number of aliphatic hydroxyl groups is 1. The first-order valence-electron chi connectivity index (χ1n) is 7.29. The number of rotatable bonds is 1. The third kappa shape index (κ3) is 2.08. The van der Waals surface area contributed by atoms with Gasteiger partial charge >= 0.3 is 0 Å². The summed E-state index contributed by atoms with van der Waals surface area (Å²) in [7, 11) is 0. The Balaban J connectivity index is 1.82. The van der Waals surface area contributed by atoms with Crippen LogP contribution in [-0.2, 0) is 6.42 Å². The zero-order valence-electron chi connectivity index (χ0n) is 11.2. The third-order valence-corrected chi connectivity index (χ3v) is 4.70. The number of hydrogen-bond donors (Lipinski definition) is 1. The van der Waals surface area contributed by atoms with Gasteiger partial charge in [0.1, 0.15) is 0 Å². The summed E-state index contributed by atoms with van der Waals surface area (Å²) in [6.45, 7) is 3.47. The fourth-order valence-corrected chi connectivity index (χ4v) is 3.64. The van der Waals surface area contributed by atoms with Crippen molar-refractivity contribution in [1.82, 2.24) is 4.90 Å². The molecule has 1 aliphatic heterocycles. The van der Waals surface area contributed by atoms with Gasteiger partial charge in [0.15, 0.2) is 0 Å². The molecule has 2 heteroatoms. The molecule has 1 aliphatic carbocycles. The van der Waals surface area contributed by atoms with E-state index >= 15 is 0 Å². The van der Waals surface area contributed by atoms with Crippen molar-refractivity contribution >= 4 is 0 Å². The molecule has 1 aromatic rings. The smallest absolute Gasteiger partial charge is 0.0951 e. The summed E-state index contributed by atoms with van der Waals surface area (Å²) in [5.74, 6) is 0. The molecular formula is C16H23NO. The highest BCUT2D eigenvalue weighted by molar-refractivity contribution is 5.36. The molecule has 98 valence electrons. The van der Waals surface area contributed by atoms with Gasteiger partial charge in [-0.3, -0.25) is 4.90 Å². The van der Waals surface area contributed by atoms with Crippen LogP contribution >= 0.6 is 0 Å². The lowest BCUT2D eigenvalue weighted by Gasteiger charge is -2.34. The van der Waals surface area contributed by atoms with Crippen LogP contribution in [0.25, 0.3) is 0 Å². The second-order valence-electron chi connectivity index (χ2n) is 5.85. The molecule has 1 fully saturated rings. The molecule has 0 amide bonds. The highest BCUT2D eigenvalue weighted by Crippen LogP contribution is 2.36. The molecule has 1 heterocycles. The summed E-state index contributed by atoms with van der Waals surface area (Å²) in [5.41, 5.74) is 2.49. The lowest BCUT2D eigenvalue weighted by Crippen LogP contribution is -2.43. The minimum atomic E-state index is -0.290. The number of hydrogen-bond acceptors (Lipinski definition) is 2. The van der Waals surface area contributed by atoms with Crippen molar-refractivity contribution in [3.8, 4) is 0 Å². The summed E-state index contributed by atoms with van der Waals surface area (Å²) < 4.78 is 0. The fraction of sp³-hybridized carbons (Fsp3) is 0.625. The molecule has 3 rings (SSSR count). The molecule has 0 aromatic heterocycles. The minimum Gasteiger partial charge on any atom is -0.387 e. The average molecular weight is 245 g/mol. The Kier molecular flexibility index (Phi) is 3.40. The van der Waals surface area contributed by atoms with Crippen LogP contribution in [-0.4, -0.2) is 28.6 Å². The molecule has 0 bridgehead atoms. The number of aliphatic hydroxyl groups excluding tert-OH is 1. The first kappa shape index (κ1) is 12.2. The maximum Gasteiger partial charge on any atom is 0.0951 e. The first-order valence-corrected chi connectivity index (χ1v) is 7.29. The van der Waals surface area contributed by atoms with Gasteiger partial charge in [-0.05, 0) is 43.9 Å². The normalized spacial score (nSPS) is 33.1. The van der Waals surface area contributed by atoms with Crippen LogP contribution in [0.3, 0.4) is 0 Å². The van der Waals surface area contributed by atoms with Crippen molar-refractivity contribution < 1.29 is 5.11 Å². The molecule has 0 radical (unpaired) electrons. The molecule has 3 unspecified atom stereocenters. The van der Waals surface area contributed by atoms with E-state index in [0.717, 1.165) is 18.5 Å². The van der Waals surface area contributed by atoms with Gasteiger partial charge in [-0.1, -0.05) is 37.1 Å². The van der Waals surface area contributed by atoms with Gasteiger partial charge < -0.3 is 5.11 Å². The van der Waals surface area contributed by atoms with Crippen molar-refractivity contribution in [3.05, 3.63) is 35.4 Å². The van der Waals surface area contributed by atoms with Crippen LogP contribution in [0.15, 0.2) is 24.3 Å². The van der Waals surface area contributed by atoms with Crippen molar-refractivity contribution in [1.29, 1.82) is 0 Å². The first-order chi connectivity index (χ1) is 8.77. The number of benzene rings is 1. The molecule has 1 aromatic carbocycles. The minimum absolute atomic E-state index is 0.290. The second kappa shape index (κ2) is 5.02. The highest BCUT2D eigenvalue weighted by atomic mass is 16.3. The third-order valence-electron chi connectivity index (χ3n) is 4.70. The quantitative estimate of drug-likeness (QED) is 0.822. The van der Waals surface area contributed by atoms with E-state index in [2.05, 4.69) is 30.0 Å². The molecule has 3 atom stereocenters. The molecular weight excluding hydrogens is 222 g/mol. The Bertz CT molecular complexity index is 417. The largest absolute Gasteiger partial charge is 0.387 e. The number of likely N-dealkylation sites (tertiary alicyclic amines) is 1. The highest BCUT2D eigenvalue weighted by Gasteiger charge is 2.36. The van der Waals surface area contributed by atoms with E-state index in [9.17, 15) is 5.11 Å². The zero-order chi connectivity index (χ0) is 12.5. The molecule has 1 N–H and O–H groups in total. The van der Waals surface area contributed by atoms with Gasteiger partial charge in [-0.15, -0.1) is 0 Å². The predicted octanol–water partition coefficient (Wildman–Crippen LogP) is 2.91. The van der Waals surface area contributed by atoms with E-state index in [1.54, 1.807) is 0 Å². The van der Waals surface area contributed by atoms with Crippen LogP contribution in [0.5, 0.6) is 0 Å². The summed E-state index contributed by atoms with van der Waals surface area (Å²) in [6, 6.07) is 9.29. The van der Waals surface area contributed by atoms with E-state index in [1.165, 1.54) is 31.2 Å². The number of fused-ring (bicyclic) bond motifs is 1. The Morgan fingerprint density at radius 1 is 1.17 bits per heavy atom. The van der Waals surface area contributed by atoms with Gasteiger partial charge in [0.25, 0.3) is 0 Å². The van der Waals surface area contributed by atoms with Crippen molar-refractivity contribution in [2.24, 2.45) is 0 Å². The topological polar surface area (TPSA) is 23.5 Å². The molecule has 0 spiro atoms. The van der Waals surface area contributed by atoms with Gasteiger partial charge in [0, 0.05) is 12.1 Å². The lowest BCUT2D eigenvalue weighted by atomic mass is 10.1. The molecule has 1 saturated heterocycles. The molecule has 18 heavy (non-hydrogen) atoms. The van der Waals surface area contributed by atoms with Crippen LogP contribution in [0, 0.1) is 0 Å². The Hall–Kier alpha value is -0.860. The monoisotopic (exact) mass is 245 g/mol. The molecule has 2 aliphatic rings. The van der Waals surface area contributed by atoms with E-state index in [0.29, 0.717) is 12.1 Å². The SMILES string of the molecule is CC1CCCCCN1C1Cc2ccccc2C1O. The standard InChI is InChI=1S/C16H23NO/c1-12-7-3-2-6-10-17(12)15-11-13-8-4-5-9-14(13)16(15)18/h4-5,8-9,12,15-16,18H,2-3,6-7,10-11H2,1H3. The summed E-state index contributed by atoms with van der Waals surface area (Å²) >= 11 is 0. The van der Waals surface area contributed by atoms with E-state index < -0.39 is 0 Å². The van der Waals surface area contributed by atoms with Crippen molar-refractivity contribution in [2.75, 3.05) is 6.54 Å². The molecule has 2 nitrogen and oxygen atoms in total. The van der Waals surface area contributed by atoms with Gasteiger partial charge in [-0.2, -0.15) is 0 Å². The molecule has 0 saturated carbocycles. The van der Waals surface area contributed by atoms with E-state index in [-0.39, 0.29) is 6.10 Å². The zero-order valence-corrected chi connectivity index (χ0v) is 11.2. The Morgan fingerprint density at radius 2 is 2.00 bits per heavy atom. The summed E-state index contributed by atoms with van der Waals surface area (Å²) in [6.07, 6.45) is 5.97. The fourth-order valence-electron chi connectivity index (χ4n) is 3.64. The van der Waals surface area contributed by atoms with Crippen molar-refractivity contribution in [2.45, 2.75) is 57.2 Å².